The van der Waals surface area contributed by atoms with Gasteiger partial charge in [0.25, 0.3) is 0 Å². The monoisotopic (exact) mass is 285 g/mol. The summed E-state index contributed by atoms with van der Waals surface area (Å²) in [6.07, 6.45) is 6.36. The molecule has 0 radical (unpaired) electrons. The molecule has 2 heterocycles. The molecule has 0 amide bonds. The Labute approximate surface area is 126 Å². The van der Waals surface area contributed by atoms with E-state index < -0.39 is 0 Å². The predicted molar refractivity (Wildman–Crippen MR) is 85.9 cm³/mol. The lowest BCUT2D eigenvalue weighted by atomic mass is 10.0. The molecular formula is C17H23N3O. The second kappa shape index (κ2) is 6.68. The summed E-state index contributed by atoms with van der Waals surface area (Å²) < 4.78 is 5.46. The first kappa shape index (κ1) is 14.0. The van der Waals surface area contributed by atoms with E-state index in [4.69, 9.17) is 4.74 Å². The standard InChI is InChI=1S/C17H23N3O/c1-21-17-5-3-2-4-16(17)20-10-7-15(8-11-20)19-13-14-6-9-18-12-14/h2-6,9,12,15,18-19H,7-8,10-11,13H2,1H3. The van der Waals surface area contributed by atoms with Crippen molar-refractivity contribution in [2.75, 3.05) is 25.1 Å². The van der Waals surface area contributed by atoms with Crippen LogP contribution in [0.2, 0.25) is 0 Å². The van der Waals surface area contributed by atoms with E-state index in [2.05, 4.69) is 39.6 Å². The third kappa shape index (κ3) is 3.39. The quantitative estimate of drug-likeness (QED) is 0.887. The number of ether oxygens (including phenoxy) is 1. The Morgan fingerprint density at radius 2 is 2.05 bits per heavy atom. The summed E-state index contributed by atoms with van der Waals surface area (Å²) in [5, 5.41) is 3.65. The van der Waals surface area contributed by atoms with Gasteiger partial charge in [-0.2, -0.15) is 0 Å². The Kier molecular flexibility index (Phi) is 4.46. The molecule has 0 spiro atoms. The number of nitrogens with zero attached hydrogens (tertiary/aromatic N) is 1. The normalized spacial score (nSPS) is 16.1. The van der Waals surface area contributed by atoms with Crippen molar-refractivity contribution >= 4 is 5.69 Å². The molecule has 0 unspecified atom stereocenters. The van der Waals surface area contributed by atoms with Gasteiger partial charge >= 0.3 is 0 Å². The van der Waals surface area contributed by atoms with Crippen LogP contribution in [0.15, 0.2) is 42.7 Å². The van der Waals surface area contributed by atoms with Crippen molar-refractivity contribution < 1.29 is 4.74 Å². The lowest BCUT2D eigenvalue weighted by Crippen LogP contribution is -2.42. The molecule has 21 heavy (non-hydrogen) atoms. The summed E-state index contributed by atoms with van der Waals surface area (Å²) in [6, 6.07) is 11.0. The van der Waals surface area contributed by atoms with Crippen LogP contribution in [0.3, 0.4) is 0 Å². The van der Waals surface area contributed by atoms with Gasteiger partial charge in [-0.15, -0.1) is 0 Å². The molecule has 3 rings (SSSR count). The second-order valence-corrected chi connectivity index (χ2v) is 5.53. The molecule has 0 bridgehead atoms. The average Bonchev–Trinajstić information content (AvgIpc) is 3.07. The predicted octanol–water partition coefficient (Wildman–Crippen LogP) is 2.78. The molecule has 112 valence electrons. The van der Waals surface area contributed by atoms with Gasteiger partial charge in [-0.1, -0.05) is 12.1 Å². The summed E-state index contributed by atoms with van der Waals surface area (Å²) in [5.74, 6) is 0.969. The summed E-state index contributed by atoms with van der Waals surface area (Å²) in [4.78, 5) is 5.52. The summed E-state index contributed by atoms with van der Waals surface area (Å²) in [7, 11) is 1.74. The molecule has 4 heteroatoms. The zero-order valence-electron chi connectivity index (χ0n) is 12.5. The Hall–Kier alpha value is -1.94. The van der Waals surface area contributed by atoms with E-state index in [1.54, 1.807) is 7.11 Å². The highest BCUT2D eigenvalue weighted by Crippen LogP contribution is 2.29. The van der Waals surface area contributed by atoms with Crippen LogP contribution < -0.4 is 15.0 Å². The number of aromatic amines is 1. The van der Waals surface area contributed by atoms with E-state index in [-0.39, 0.29) is 0 Å². The van der Waals surface area contributed by atoms with Crippen molar-refractivity contribution in [3.05, 3.63) is 48.3 Å². The summed E-state index contributed by atoms with van der Waals surface area (Å²) in [5.41, 5.74) is 2.53. The fraction of sp³-hybridized carbons (Fsp3) is 0.412. The number of nitrogens with one attached hydrogen (secondary N) is 2. The van der Waals surface area contributed by atoms with Gasteiger partial charge in [0.2, 0.25) is 0 Å². The molecule has 2 N–H and O–H groups in total. The Balaban J connectivity index is 1.53. The number of rotatable bonds is 5. The SMILES string of the molecule is COc1ccccc1N1CCC(NCc2cc[nH]c2)CC1. The molecule has 4 nitrogen and oxygen atoms in total. The van der Waals surface area contributed by atoms with Crippen LogP contribution in [0, 0.1) is 0 Å². The summed E-state index contributed by atoms with van der Waals surface area (Å²) >= 11 is 0. The van der Waals surface area contributed by atoms with Crippen LogP contribution in [0.25, 0.3) is 0 Å². The zero-order valence-corrected chi connectivity index (χ0v) is 12.5. The van der Waals surface area contributed by atoms with Crippen LogP contribution in [-0.2, 0) is 6.54 Å². The van der Waals surface area contributed by atoms with Crippen LogP contribution in [0.5, 0.6) is 5.75 Å². The number of benzene rings is 1. The van der Waals surface area contributed by atoms with E-state index >= 15 is 0 Å². The first-order valence-electron chi connectivity index (χ1n) is 7.60. The van der Waals surface area contributed by atoms with Gasteiger partial charge in [0.1, 0.15) is 5.75 Å². The summed E-state index contributed by atoms with van der Waals surface area (Å²) in [6.45, 7) is 3.10. The maximum atomic E-state index is 5.46. The van der Waals surface area contributed by atoms with Crippen LogP contribution in [-0.4, -0.2) is 31.2 Å². The average molecular weight is 285 g/mol. The van der Waals surface area contributed by atoms with Crippen molar-refractivity contribution in [2.45, 2.75) is 25.4 Å². The molecular weight excluding hydrogens is 262 g/mol. The number of para-hydroxylation sites is 2. The van der Waals surface area contributed by atoms with Gasteiger partial charge in [0, 0.05) is 38.1 Å². The van der Waals surface area contributed by atoms with Crippen molar-refractivity contribution in [3.8, 4) is 5.75 Å². The molecule has 1 aliphatic rings. The molecule has 2 aromatic rings. The molecule has 0 aliphatic carbocycles. The minimum absolute atomic E-state index is 0.603. The maximum absolute atomic E-state index is 5.46. The molecule has 0 atom stereocenters. The van der Waals surface area contributed by atoms with Gasteiger partial charge in [-0.25, -0.2) is 0 Å². The lowest BCUT2D eigenvalue weighted by Gasteiger charge is -2.34. The topological polar surface area (TPSA) is 40.3 Å². The van der Waals surface area contributed by atoms with E-state index in [1.165, 1.54) is 24.1 Å². The van der Waals surface area contributed by atoms with Crippen molar-refractivity contribution in [3.63, 3.8) is 0 Å². The van der Waals surface area contributed by atoms with E-state index in [0.717, 1.165) is 25.4 Å². The molecule has 0 saturated carbocycles. The number of piperidine rings is 1. The van der Waals surface area contributed by atoms with Crippen LogP contribution >= 0.6 is 0 Å². The third-order valence-corrected chi connectivity index (χ3v) is 4.18. The third-order valence-electron chi connectivity index (χ3n) is 4.18. The Morgan fingerprint density at radius 1 is 1.24 bits per heavy atom. The number of methoxy groups -OCH3 is 1. The smallest absolute Gasteiger partial charge is 0.142 e. The highest BCUT2D eigenvalue weighted by atomic mass is 16.5. The fourth-order valence-electron chi connectivity index (χ4n) is 2.95. The van der Waals surface area contributed by atoms with Gasteiger partial charge in [-0.3, -0.25) is 0 Å². The number of anilines is 1. The minimum atomic E-state index is 0.603. The lowest BCUT2D eigenvalue weighted by molar-refractivity contribution is 0.397. The van der Waals surface area contributed by atoms with Crippen molar-refractivity contribution in [2.24, 2.45) is 0 Å². The molecule has 1 saturated heterocycles. The minimum Gasteiger partial charge on any atom is -0.495 e. The van der Waals surface area contributed by atoms with Gasteiger partial charge in [0.05, 0.1) is 12.8 Å². The van der Waals surface area contributed by atoms with Crippen LogP contribution in [0.1, 0.15) is 18.4 Å². The molecule has 1 aromatic heterocycles. The Bertz CT molecular complexity index is 545. The van der Waals surface area contributed by atoms with Gasteiger partial charge in [-0.05, 0) is 36.6 Å². The molecule has 1 fully saturated rings. The van der Waals surface area contributed by atoms with Crippen molar-refractivity contribution in [1.82, 2.24) is 10.3 Å². The van der Waals surface area contributed by atoms with Crippen molar-refractivity contribution in [1.29, 1.82) is 0 Å². The number of hydrogen-bond donors (Lipinski definition) is 2. The van der Waals surface area contributed by atoms with Gasteiger partial charge < -0.3 is 19.9 Å². The zero-order chi connectivity index (χ0) is 14.5. The second-order valence-electron chi connectivity index (χ2n) is 5.53. The van der Waals surface area contributed by atoms with Gasteiger partial charge in [0.15, 0.2) is 0 Å². The highest BCUT2D eigenvalue weighted by Gasteiger charge is 2.20. The first-order chi connectivity index (χ1) is 10.4. The molecule has 1 aromatic carbocycles. The maximum Gasteiger partial charge on any atom is 0.142 e. The van der Waals surface area contributed by atoms with E-state index in [9.17, 15) is 0 Å². The molecule has 1 aliphatic heterocycles. The van der Waals surface area contributed by atoms with Crippen LogP contribution in [0.4, 0.5) is 5.69 Å². The van der Waals surface area contributed by atoms with E-state index in [1.807, 2.05) is 18.3 Å². The van der Waals surface area contributed by atoms with E-state index in [0.29, 0.717) is 6.04 Å². The number of aromatic nitrogens is 1. The largest absolute Gasteiger partial charge is 0.495 e. The number of hydrogen-bond acceptors (Lipinski definition) is 3. The Morgan fingerprint density at radius 3 is 2.76 bits per heavy atom. The highest BCUT2D eigenvalue weighted by molar-refractivity contribution is 5.58. The first-order valence-corrected chi connectivity index (χ1v) is 7.60. The fourth-order valence-corrected chi connectivity index (χ4v) is 2.95. The number of H-pyrrole nitrogens is 1.